The lowest BCUT2D eigenvalue weighted by Gasteiger charge is -2.34. The van der Waals surface area contributed by atoms with Crippen LogP contribution in [0.3, 0.4) is 0 Å². The van der Waals surface area contributed by atoms with Crippen LogP contribution in [0.4, 0.5) is 14.4 Å². The van der Waals surface area contributed by atoms with Gasteiger partial charge >= 0.3 is 18.3 Å². The van der Waals surface area contributed by atoms with Crippen molar-refractivity contribution in [1.82, 2.24) is 35.8 Å². The van der Waals surface area contributed by atoms with Gasteiger partial charge in [0.1, 0.15) is 24.8 Å². The van der Waals surface area contributed by atoms with Crippen LogP contribution >= 0.6 is 34.0 Å². The molecular formula is C42H45N7O6S3. The molecule has 0 spiro atoms. The molecule has 3 aromatic carbocycles. The molecule has 3 amide bonds. The first kappa shape index (κ1) is 41.9. The lowest BCUT2D eigenvalue weighted by molar-refractivity contribution is 0.121. The molecule has 302 valence electrons. The van der Waals surface area contributed by atoms with Gasteiger partial charge in [0.15, 0.2) is 0 Å². The second-order valence-electron chi connectivity index (χ2n) is 13.4. The van der Waals surface area contributed by atoms with E-state index < -0.39 is 36.4 Å². The molecule has 0 saturated carbocycles. The Morgan fingerprint density at radius 3 is 1.29 bits per heavy atom. The minimum Gasteiger partial charge on any atom is -0.444 e. The van der Waals surface area contributed by atoms with Gasteiger partial charge in [0, 0.05) is 61.7 Å². The monoisotopic (exact) mass is 839 g/mol. The fourth-order valence-corrected chi connectivity index (χ4v) is 7.85. The third kappa shape index (κ3) is 15.0. The number of alkyl carbamates (subject to hydrolysis) is 3. The van der Waals surface area contributed by atoms with Gasteiger partial charge in [-0.15, -0.1) is 34.0 Å². The topological polar surface area (TPSA) is 157 Å². The smallest absolute Gasteiger partial charge is 0.407 e. The van der Waals surface area contributed by atoms with E-state index in [2.05, 4.69) is 35.8 Å². The Kier molecular flexibility index (Phi) is 16.6. The molecule has 0 aliphatic carbocycles. The fraction of sp³-hybridized carbons (Fsp3) is 0.286. The number of hydrogen-bond donors (Lipinski definition) is 3. The molecule has 58 heavy (non-hydrogen) atoms. The number of rotatable bonds is 21. The lowest BCUT2D eigenvalue weighted by Crippen LogP contribution is -2.54. The maximum absolute atomic E-state index is 13.4. The molecule has 0 bridgehead atoms. The van der Waals surface area contributed by atoms with Gasteiger partial charge in [0.2, 0.25) is 0 Å². The molecule has 0 fully saturated rings. The minimum absolute atomic E-state index is 0.0463. The SMILES string of the molecule is O=C(NC(Cc1ccccc1)CN(CC(Cc1ccccc1)NC(=O)OCc1cncs1)CC(Cc1ccccc1)NC(=O)OCc1nccs1)OCc1cncs1. The highest BCUT2D eigenvalue weighted by Gasteiger charge is 2.26. The molecule has 0 aliphatic heterocycles. The van der Waals surface area contributed by atoms with Crippen molar-refractivity contribution in [3.8, 4) is 0 Å². The van der Waals surface area contributed by atoms with Crippen molar-refractivity contribution in [2.45, 2.75) is 57.2 Å². The van der Waals surface area contributed by atoms with E-state index in [4.69, 9.17) is 14.2 Å². The molecule has 0 saturated heterocycles. The van der Waals surface area contributed by atoms with E-state index in [0.717, 1.165) is 26.4 Å². The molecule has 6 rings (SSSR count). The first-order valence-corrected chi connectivity index (χ1v) is 21.3. The van der Waals surface area contributed by atoms with Gasteiger partial charge in [0.05, 0.1) is 20.8 Å². The molecule has 0 radical (unpaired) electrons. The summed E-state index contributed by atoms with van der Waals surface area (Å²) >= 11 is 4.22. The van der Waals surface area contributed by atoms with Gasteiger partial charge in [-0.1, -0.05) is 91.0 Å². The minimum atomic E-state index is -0.577. The highest BCUT2D eigenvalue weighted by Crippen LogP contribution is 2.14. The number of amides is 3. The summed E-state index contributed by atoms with van der Waals surface area (Å²) in [4.78, 5) is 56.2. The van der Waals surface area contributed by atoms with Crippen molar-refractivity contribution < 1.29 is 28.6 Å². The van der Waals surface area contributed by atoms with Crippen molar-refractivity contribution in [3.63, 3.8) is 0 Å². The van der Waals surface area contributed by atoms with Crippen molar-refractivity contribution in [2.24, 2.45) is 0 Å². The zero-order chi connectivity index (χ0) is 40.2. The Bertz CT molecular complexity index is 1820. The van der Waals surface area contributed by atoms with E-state index in [1.54, 1.807) is 29.6 Å². The van der Waals surface area contributed by atoms with E-state index in [9.17, 15) is 14.4 Å². The van der Waals surface area contributed by atoms with Gasteiger partial charge in [-0.05, 0) is 36.0 Å². The Labute approximate surface area is 349 Å². The van der Waals surface area contributed by atoms with Crippen LogP contribution in [0.2, 0.25) is 0 Å². The second kappa shape index (κ2) is 22.9. The number of aromatic nitrogens is 3. The summed E-state index contributed by atoms with van der Waals surface area (Å²) in [5.41, 5.74) is 6.44. The quantitative estimate of drug-likeness (QED) is 0.0630. The van der Waals surface area contributed by atoms with Crippen LogP contribution in [0.25, 0.3) is 0 Å². The summed E-state index contributed by atoms with van der Waals surface area (Å²) < 4.78 is 16.8. The third-order valence-corrected chi connectivity index (χ3v) is 11.1. The van der Waals surface area contributed by atoms with E-state index in [-0.39, 0.29) is 19.8 Å². The number of nitrogens with one attached hydrogen (secondary N) is 3. The molecule has 13 nitrogen and oxygen atoms in total. The summed E-state index contributed by atoms with van der Waals surface area (Å²) in [7, 11) is 0. The van der Waals surface area contributed by atoms with Crippen LogP contribution in [-0.4, -0.2) is 75.9 Å². The first-order valence-electron chi connectivity index (χ1n) is 18.7. The molecule has 0 aliphatic rings. The van der Waals surface area contributed by atoms with Crippen LogP contribution in [0, 0.1) is 0 Å². The molecular weight excluding hydrogens is 795 g/mol. The Morgan fingerprint density at radius 1 is 0.552 bits per heavy atom. The van der Waals surface area contributed by atoms with Crippen molar-refractivity contribution in [3.05, 3.63) is 157 Å². The number of ether oxygens (including phenoxy) is 3. The number of nitrogens with zero attached hydrogens (tertiary/aromatic N) is 4. The van der Waals surface area contributed by atoms with Gasteiger partial charge in [-0.2, -0.15) is 0 Å². The molecule has 16 heteroatoms. The number of carbonyl (C=O) groups is 3. The van der Waals surface area contributed by atoms with Crippen LogP contribution in [0.15, 0.2) is 126 Å². The van der Waals surface area contributed by atoms with E-state index in [1.807, 2.05) is 96.4 Å². The summed E-state index contributed by atoms with van der Waals surface area (Å²) in [6.07, 6.45) is 4.78. The van der Waals surface area contributed by atoms with Crippen LogP contribution in [0.1, 0.15) is 31.5 Å². The Hall–Kier alpha value is -5.68. The maximum Gasteiger partial charge on any atom is 0.407 e. The Morgan fingerprint density at radius 2 is 0.948 bits per heavy atom. The zero-order valence-corrected chi connectivity index (χ0v) is 34.1. The fourth-order valence-electron chi connectivity index (χ4n) is 6.31. The van der Waals surface area contributed by atoms with Gasteiger partial charge in [0.25, 0.3) is 0 Å². The second-order valence-corrected chi connectivity index (χ2v) is 16.3. The molecule has 3 atom stereocenters. The summed E-state index contributed by atoms with van der Waals surface area (Å²) in [5.74, 6) is 0. The molecule has 3 N–H and O–H groups in total. The summed E-state index contributed by atoms with van der Waals surface area (Å²) in [6.45, 7) is 1.26. The number of hydrogen-bond acceptors (Lipinski definition) is 13. The highest BCUT2D eigenvalue weighted by atomic mass is 32.1. The highest BCUT2D eigenvalue weighted by molar-refractivity contribution is 7.10. The molecule has 3 heterocycles. The van der Waals surface area contributed by atoms with Crippen molar-refractivity contribution in [1.29, 1.82) is 0 Å². The van der Waals surface area contributed by atoms with E-state index >= 15 is 0 Å². The zero-order valence-electron chi connectivity index (χ0n) is 31.7. The van der Waals surface area contributed by atoms with Gasteiger partial charge in [-0.3, -0.25) is 14.9 Å². The normalized spacial score (nSPS) is 12.6. The molecule has 3 unspecified atom stereocenters. The van der Waals surface area contributed by atoms with E-state index in [0.29, 0.717) is 43.9 Å². The largest absolute Gasteiger partial charge is 0.444 e. The molecule has 3 aromatic heterocycles. The van der Waals surface area contributed by atoms with Crippen LogP contribution in [-0.2, 0) is 53.3 Å². The van der Waals surface area contributed by atoms with E-state index in [1.165, 1.54) is 34.0 Å². The van der Waals surface area contributed by atoms with Gasteiger partial charge in [-0.25, -0.2) is 19.4 Å². The van der Waals surface area contributed by atoms with Crippen molar-refractivity contribution >= 4 is 52.3 Å². The summed E-state index contributed by atoms with van der Waals surface area (Å²) in [6, 6.07) is 28.4. The number of benzene rings is 3. The average molecular weight is 840 g/mol. The first-order chi connectivity index (χ1) is 28.4. The van der Waals surface area contributed by atoms with Gasteiger partial charge < -0.3 is 30.2 Å². The lowest BCUT2D eigenvalue weighted by atomic mass is 10.0. The Balaban J connectivity index is 1.26. The number of carbonyl (C=O) groups excluding carboxylic acids is 3. The average Bonchev–Trinajstić information content (AvgIpc) is 4.05. The third-order valence-electron chi connectivity index (χ3n) is 8.84. The predicted molar refractivity (Wildman–Crippen MR) is 225 cm³/mol. The van der Waals surface area contributed by atoms with Crippen molar-refractivity contribution in [2.75, 3.05) is 19.6 Å². The summed E-state index contributed by atoms with van der Waals surface area (Å²) in [5, 5.41) is 11.8. The number of thiazole rings is 3. The molecule has 6 aromatic rings. The standard InChI is InChI=1S/C42H45N7O6S3/c50-40(53-26-37-21-43-29-57-37)46-34(18-31-10-4-1-5-11-31)23-49(24-35(19-32-12-6-2-7-13-32)47-41(51)54-27-38-22-44-30-58-38)25-36(20-33-14-8-3-9-15-33)48-42(52)55-28-39-45-16-17-56-39/h1-17,21-22,29-30,34-36H,18-20,23-28H2,(H,46,50)(H,47,51)(H,48,52). The predicted octanol–water partition coefficient (Wildman–Crippen LogP) is 7.27. The maximum atomic E-state index is 13.4. The van der Waals surface area contributed by atoms with Crippen LogP contribution in [0.5, 0.6) is 0 Å². The van der Waals surface area contributed by atoms with Crippen LogP contribution < -0.4 is 16.0 Å².